The third-order valence-electron chi connectivity index (χ3n) is 3.73. The Morgan fingerprint density at radius 2 is 2.11 bits per heavy atom. The molecule has 0 aliphatic heterocycles. The number of rotatable bonds is 4. The van der Waals surface area contributed by atoms with Crippen LogP contribution in [0.5, 0.6) is 0 Å². The van der Waals surface area contributed by atoms with Crippen LogP contribution in [-0.4, -0.2) is 14.5 Å². The van der Waals surface area contributed by atoms with Crippen LogP contribution in [-0.2, 0) is 13.0 Å². The van der Waals surface area contributed by atoms with E-state index >= 15 is 0 Å². The molecule has 0 radical (unpaired) electrons. The van der Waals surface area contributed by atoms with Gasteiger partial charge in [0, 0.05) is 30.6 Å². The molecule has 19 heavy (non-hydrogen) atoms. The van der Waals surface area contributed by atoms with Crippen molar-refractivity contribution in [1.29, 1.82) is 0 Å². The van der Waals surface area contributed by atoms with Crippen molar-refractivity contribution in [2.24, 2.45) is 11.7 Å². The molecule has 1 fully saturated rings. The number of aromatic nitrogens is 3. The van der Waals surface area contributed by atoms with Crippen molar-refractivity contribution in [2.45, 2.75) is 52.6 Å². The zero-order valence-corrected chi connectivity index (χ0v) is 12.0. The first kappa shape index (κ1) is 12.6. The van der Waals surface area contributed by atoms with Crippen LogP contribution in [0.1, 0.15) is 49.8 Å². The van der Waals surface area contributed by atoms with Crippen LogP contribution in [0.2, 0.25) is 0 Å². The average molecular weight is 258 g/mol. The van der Waals surface area contributed by atoms with Gasteiger partial charge in [0.25, 0.3) is 0 Å². The zero-order chi connectivity index (χ0) is 13.6. The molecular formula is C15H22N4. The third kappa shape index (κ3) is 2.25. The van der Waals surface area contributed by atoms with E-state index in [-0.39, 0.29) is 0 Å². The molecule has 0 unspecified atom stereocenters. The van der Waals surface area contributed by atoms with Gasteiger partial charge in [-0.25, -0.2) is 9.97 Å². The fourth-order valence-electron chi connectivity index (χ4n) is 2.71. The molecule has 2 N–H and O–H groups in total. The number of nitrogens with zero attached hydrogens (tertiary/aromatic N) is 3. The molecular weight excluding hydrogens is 236 g/mol. The fourth-order valence-corrected chi connectivity index (χ4v) is 2.71. The monoisotopic (exact) mass is 258 g/mol. The van der Waals surface area contributed by atoms with E-state index in [0.717, 1.165) is 23.6 Å². The maximum absolute atomic E-state index is 5.87. The number of fused-ring (bicyclic) bond motifs is 1. The SMILES string of the molecule is Cc1nc(CC(C)C)nc2c1c(CN)cn2C1CC1. The van der Waals surface area contributed by atoms with Gasteiger partial charge in [-0.15, -0.1) is 0 Å². The topological polar surface area (TPSA) is 56.7 Å². The molecule has 0 amide bonds. The molecule has 3 rings (SSSR count). The van der Waals surface area contributed by atoms with Gasteiger partial charge < -0.3 is 10.3 Å². The van der Waals surface area contributed by atoms with Crippen LogP contribution in [0.3, 0.4) is 0 Å². The van der Waals surface area contributed by atoms with E-state index in [4.69, 9.17) is 10.7 Å². The Balaban J connectivity index is 2.18. The highest BCUT2D eigenvalue weighted by Gasteiger charge is 2.27. The molecule has 102 valence electrons. The van der Waals surface area contributed by atoms with Crippen molar-refractivity contribution in [2.75, 3.05) is 0 Å². The number of hydrogen-bond donors (Lipinski definition) is 1. The van der Waals surface area contributed by atoms with Crippen LogP contribution < -0.4 is 5.73 Å². The lowest BCUT2D eigenvalue weighted by Gasteiger charge is -2.08. The average Bonchev–Trinajstić information content (AvgIpc) is 3.10. The van der Waals surface area contributed by atoms with Crippen LogP contribution in [0.15, 0.2) is 6.20 Å². The van der Waals surface area contributed by atoms with Gasteiger partial charge in [0.2, 0.25) is 0 Å². The molecule has 2 heterocycles. The number of hydrogen-bond acceptors (Lipinski definition) is 3. The summed E-state index contributed by atoms with van der Waals surface area (Å²) in [5, 5.41) is 1.17. The standard InChI is InChI=1S/C15H22N4/c1-9(2)6-13-17-10(3)14-11(7-16)8-19(12-4-5-12)15(14)18-13/h8-9,12H,4-7,16H2,1-3H3. The second-order valence-electron chi connectivity index (χ2n) is 6.02. The molecule has 4 heteroatoms. The van der Waals surface area contributed by atoms with Gasteiger partial charge in [-0.2, -0.15) is 0 Å². The molecule has 2 aromatic rings. The van der Waals surface area contributed by atoms with E-state index < -0.39 is 0 Å². The third-order valence-corrected chi connectivity index (χ3v) is 3.73. The summed E-state index contributed by atoms with van der Waals surface area (Å²) in [7, 11) is 0. The van der Waals surface area contributed by atoms with E-state index in [9.17, 15) is 0 Å². The number of nitrogens with two attached hydrogens (primary N) is 1. The molecule has 0 atom stereocenters. The van der Waals surface area contributed by atoms with E-state index in [1.54, 1.807) is 0 Å². The summed E-state index contributed by atoms with van der Waals surface area (Å²) in [6.07, 6.45) is 5.64. The van der Waals surface area contributed by atoms with Gasteiger partial charge in [0.1, 0.15) is 11.5 Å². The van der Waals surface area contributed by atoms with Crippen LogP contribution in [0, 0.1) is 12.8 Å². The summed E-state index contributed by atoms with van der Waals surface area (Å²) >= 11 is 0. The lowest BCUT2D eigenvalue weighted by molar-refractivity contribution is 0.619. The predicted octanol–water partition coefficient (Wildman–Crippen LogP) is 2.73. The van der Waals surface area contributed by atoms with Gasteiger partial charge in [-0.3, -0.25) is 0 Å². The van der Waals surface area contributed by atoms with Crippen molar-refractivity contribution >= 4 is 11.0 Å². The zero-order valence-electron chi connectivity index (χ0n) is 12.0. The van der Waals surface area contributed by atoms with Gasteiger partial charge in [-0.1, -0.05) is 13.8 Å². The summed E-state index contributed by atoms with van der Waals surface area (Å²) in [4.78, 5) is 9.47. The van der Waals surface area contributed by atoms with Crippen molar-refractivity contribution < 1.29 is 0 Å². The first-order valence-corrected chi connectivity index (χ1v) is 7.17. The van der Waals surface area contributed by atoms with Gasteiger partial charge >= 0.3 is 0 Å². The lowest BCUT2D eigenvalue weighted by Crippen LogP contribution is -2.05. The Bertz CT molecular complexity index is 608. The van der Waals surface area contributed by atoms with Crippen molar-refractivity contribution in [3.8, 4) is 0 Å². The predicted molar refractivity (Wildman–Crippen MR) is 77.0 cm³/mol. The van der Waals surface area contributed by atoms with Crippen molar-refractivity contribution in [1.82, 2.24) is 14.5 Å². The first-order valence-electron chi connectivity index (χ1n) is 7.17. The second-order valence-corrected chi connectivity index (χ2v) is 6.02. The Morgan fingerprint density at radius 1 is 1.37 bits per heavy atom. The second kappa shape index (κ2) is 4.60. The minimum atomic E-state index is 0.559. The molecule has 0 spiro atoms. The molecule has 1 aliphatic rings. The first-order chi connectivity index (χ1) is 9.10. The Hall–Kier alpha value is -1.42. The van der Waals surface area contributed by atoms with Crippen LogP contribution >= 0.6 is 0 Å². The highest BCUT2D eigenvalue weighted by atomic mass is 15.1. The normalized spacial score (nSPS) is 15.6. The van der Waals surface area contributed by atoms with Crippen molar-refractivity contribution in [3.05, 3.63) is 23.3 Å². The number of aryl methyl sites for hydroxylation is 1. The Kier molecular flexibility index (Phi) is 3.05. The van der Waals surface area contributed by atoms with E-state index in [1.807, 2.05) is 0 Å². The molecule has 0 bridgehead atoms. The quantitative estimate of drug-likeness (QED) is 0.917. The van der Waals surface area contributed by atoms with E-state index in [0.29, 0.717) is 18.5 Å². The minimum absolute atomic E-state index is 0.559. The maximum Gasteiger partial charge on any atom is 0.144 e. The smallest absolute Gasteiger partial charge is 0.144 e. The van der Waals surface area contributed by atoms with Crippen LogP contribution in [0.25, 0.3) is 11.0 Å². The van der Waals surface area contributed by atoms with E-state index in [2.05, 4.69) is 36.5 Å². The minimum Gasteiger partial charge on any atom is -0.329 e. The molecule has 2 aromatic heterocycles. The summed E-state index contributed by atoms with van der Waals surface area (Å²) in [5.41, 5.74) is 9.20. The summed E-state index contributed by atoms with van der Waals surface area (Å²) in [6.45, 7) is 7.04. The highest BCUT2D eigenvalue weighted by Crippen LogP contribution is 2.38. The summed E-state index contributed by atoms with van der Waals surface area (Å²) < 4.78 is 2.32. The highest BCUT2D eigenvalue weighted by molar-refractivity contribution is 5.83. The maximum atomic E-state index is 5.87. The fraction of sp³-hybridized carbons (Fsp3) is 0.600. The largest absolute Gasteiger partial charge is 0.329 e. The Labute approximate surface area is 114 Å². The van der Waals surface area contributed by atoms with E-state index in [1.165, 1.54) is 23.8 Å². The Morgan fingerprint density at radius 3 is 2.68 bits per heavy atom. The summed E-state index contributed by atoms with van der Waals surface area (Å²) in [6, 6.07) is 0.629. The van der Waals surface area contributed by atoms with Gasteiger partial charge in [-0.05, 0) is 31.2 Å². The molecule has 4 nitrogen and oxygen atoms in total. The molecule has 0 aromatic carbocycles. The van der Waals surface area contributed by atoms with Crippen LogP contribution in [0.4, 0.5) is 0 Å². The molecule has 0 saturated heterocycles. The summed E-state index contributed by atoms with van der Waals surface area (Å²) in [5.74, 6) is 1.54. The lowest BCUT2D eigenvalue weighted by atomic mass is 10.1. The van der Waals surface area contributed by atoms with Gasteiger partial charge in [0.05, 0.1) is 5.69 Å². The van der Waals surface area contributed by atoms with Gasteiger partial charge in [0.15, 0.2) is 0 Å². The molecule has 1 saturated carbocycles. The van der Waals surface area contributed by atoms with Crippen molar-refractivity contribution in [3.63, 3.8) is 0 Å². The molecule has 1 aliphatic carbocycles.